The van der Waals surface area contributed by atoms with E-state index in [1.807, 2.05) is 0 Å². The van der Waals surface area contributed by atoms with E-state index in [2.05, 4.69) is 5.92 Å². The largest absolute Gasteiger partial charge is 0.507 e. The second-order valence-corrected chi connectivity index (χ2v) is 4.79. The van der Waals surface area contributed by atoms with Crippen LogP contribution in [0.4, 0.5) is 5.69 Å². The molecular weight excluding hydrogens is 260 g/mol. The van der Waals surface area contributed by atoms with Gasteiger partial charge in [0.05, 0.1) is 23.1 Å². The zero-order chi connectivity index (χ0) is 14.7. The standard InChI is InChI=1S/C14H14N2O4/c1-2-7-15(9-10-3-4-10)14(18)12-6-5-11(16(19)20)8-13(12)17/h1,5-6,8,10,17H,3-4,7,9H2. The zero-order valence-electron chi connectivity index (χ0n) is 10.8. The minimum absolute atomic E-state index is 0.0338. The average Bonchev–Trinajstić information content (AvgIpc) is 3.21. The first kappa shape index (κ1) is 13.9. The Hall–Kier alpha value is -2.55. The molecule has 0 heterocycles. The summed E-state index contributed by atoms with van der Waals surface area (Å²) >= 11 is 0. The number of nitro benzene ring substituents is 1. The lowest BCUT2D eigenvalue weighted by Crippen LogP contribution is -2.33. The highest BCUT2D eigenvalue weighted by atomic mass is 16.6. The van der Waals surface area contributed by atoms with E-state index in [0.717, 1.165) is 18.9 Å². The van der Waals surface area contributed by atoms with Gasteiger partial charge in [-0.25, -0.2) is 0 Å². The van der Waals surface area contributed by atoms with Gasteiger partial charge in [0.25, 0.3) is 11.6 Å². The third-order valence-electron chi connectivity index (χ3n) is 3.17. The predicted octanol–water partition coefficient (Wildman–Crippen LogP) is 1.79. The molecule has 20 heavy (non-hydrogen) atoms. The minimum Gasteiger partial charge on any atom is -0.507 e. The highest BCUT2D eigenvalue weighted by Crippen LogP contribution is 2.31. The summed E-state index contributed by atoms with van der Waals surface area (Å²) in [6.45, 7) is 0.714. The van der Waals surface area contributed by atoms with Crippen molar-refractivity contribution in [1.29, 1.82) is 0 Å². The average molecular weight is 274 g/mol. The van der Waals surface area contributed by atoms with E-state index in [0.29, 0.717) is 12.5 Å². The summed E-state index contributed by atoms with van der Waals surface area (Å²) in [7, 11) is 0. The Kier molecular flexibility index (Phi) is 3.89. The van der Waals surface area contributed by atoms with Gasteiger partial charge in [0.2, 0.25) is 0 Å². The lowest BCUT2D eigenvalue weighted by Gasteiger charge is -2.20. The Balaban J connectivity index is 2.21. The molecule has 6 heteroatoms. The van der Waals surface area contributed by atoms with Crippen molar-refractivity contribution >= 4 is 11.6 Å². The number of aromatic hydroxyl groups is 1. The Morgan fingerprint density at radius 3 is 2.75 bits per heavy atom. The number of carbonyl (C=O) groups excluding carboxylic acids is 1. The molecule has 104 valence electrons. The van der Waals surface area contributed by atoms with Gasteiger partial charge in [0.1, 0.15) is 5.75 Å². The van der Waals surface area contributed by atoms with Crippen LogP contribution in [-0.2, 0) is 0 Å². The van der Waals surface area contributed by atoms with Crippen LogP contribution >= 0.6 is 0 Å². The van der Waals surface area contributed by atoms with Gasteiger partial charge < -0.3 is 10.0 Å². The fourth-order valence-corrected chi connectivity index (χ4v) is 1.93. The summed E-state index contributed by atoms with van der Waals surface area (Å²) in [5, 5.41) is 20.4. The van der Waals surface area contributed by atoms with Gasteiger partial charge in [-0.2, -0.15) is 0 Å². The van der Waals surface area contributed by atoms with E-state index in [9.17, 15) is 20.0 Å². The first-order valence-electron chi connectivity index (χ1n) is 6.23. The summed E-state index contributed by atoms with van der Waals surface area (Å²) in [5.74, 6) is 2.08. The Bertz CT molecular complexity index is 587. The topological polar surface area (TPSA) is 83.7 Å². The Labute approximate surface area is 116 Å². The van der Waals surface area contributed by atoms with Crippen molar-refractivity contribution in [2.24, 2.45) is 5.92 Å². The first-order valence-corrected chi connectivity index (χ1v) is 6.23. The number of phenols is 1. The van der Waals surface area contributed by atoms with Crippen LogP contribution in [0.2, 0.25) is 0 Å². The van der Waals surface area contributed by atoms with Crippen LogP contribution in [0, 0.1) is 28.4 Å². The molecule has 1 aromatic rings. The molecule has 6 nitrogen and oxygen atoms in total. The summed E-state index contributed by atoms with van der Waals surface area (Å²) < 4.78 is 0. The summed E-state index contributed by atoms with van der Waals surface area (Å²) in [6, 6.07) is 3.42. The molecule has 1 amide bonds. The molecule has 0 atom stereocenters. The molecule has 2 rings (SSSR count). The van der Waals surface area contributed by atoms with Crippen molar-refractivity contribution in [1.82, 2.24) is 4.90 Å². The molecule has 1 aromatic carbocycles. The maximum absolute atomic E-state index is 12.3. The molecule has 0 bridgehead atoms. The molecule has 0 radical (unpaired) electrons. The van der Waals surface area contributed by atoms with Gasteiger partial charge in [0.15, 0.2) is 0 Å². The van der Waals surface area contributed by atoms with Gasteiger partial charge in [-0.05, 0) is 24.8 Å². The monoisotopic (exact) mass is 274 g/mol. The maximum Gasteiger partial charge on any atom is 0.273 e. The molecule has 1 fully saturated rings. The number of carbonyl (C=O) groups is 1. The maximum atomic E-state index is 12.3. The van der Waals surface area contributed by atoms with E-state index in [4.69, 9.17) is 6.42 Å². The highest BCUT2D eigenvalue weighted by Gasteiger charge is 2.28. The van der Waals surface area contributed by atoms with Crippen LogP contribution in [0.1, 0.15) is 23.2 Å². The summed E-state index contributed by atoms with van der Waals surface area (Å²) in [4.78, 5) is 23.8. The van der Waals surface area contributed by atoms with Crippen LogP contribution in [0.15, 0.2) is 18.2 Å². The van der Waals surface area contributed by atoms with Crippen LogP contribution in [-0.4, -0.2) is 33.9 Å². The predicted molar refractivity (Wildman–Crippen MR) is 72.2 cm³/mol. The molecular formula is C14H14N2O4. The second kappa shape index (κ2) is 5.61. The first-order chi connectivity index (χ1) is 9.52. The lowest BCUT2D eigenvalue weighted by molar-refractivity contribution is -0.384. The third kappa shape index (κ3) is 3.06. The molecule has 1 N–H and O–H groups in total. The molecule has 1 aliphatic carbocycles. The summed E-state index contributed by atoms with van der Waals surface area (Å²) in [5.41, 5.74) is -0.226. The number of nitrogens with zero attached hydrogens (tertiary/aromatic N) is 2. The molecule has 0 aromatic heterocycles. The van der Waals surface area contributed by atoms with Crippen molar-refractivity contribution in [3.05, 3.63) is 33.9 Å². The van der Waals surface area contributed by atoms with Crippen molar-refractivity contribution in [3.8, 4) is 18.1 Å². The van der Waals surface area contributed by atoms with Gasteiger partial charge in [-0.3, -0.25) is 14.9 Å². The number of terminal acetylenes is 1. The molecule has 0 aliphatic heterocycles. The summed E-state index contributed by atoms with van der Waals surface area (Å²) in [6.07, 6.45) is 7.39. The molecule has 0 saturated heterocycles. The number of benzene rings is 1. The van der Waals surface area contributed by atoms with E-state index in [-0.39, 0.29) is 17.8 Å². The number of amides is 1. The quantitative estimate of drug-likeness (QED) is 0.504. The van der Waals surface area contributed by atoms with E-state index < -0.39 is 16.6 Å². The van der Waals surface area contributed by atoms with Gasteiger partial charge in [-0.15, -0.1) is 6.42 Å². The molecule has 0 unspecified atom stereocenters. The minimum atomic E-state index is -0.628. The van der Waals surface area contributed by atoms with Crippen molar-refractivity contribution in [2.75, 3.05) is 13.1 Å². The van der Waals surface area contributed by atoms with Crippen molar-refractivity contribution in [3.63, 3.8) is 0 Å². The van der Waals surface area contributed by atoms with Crippen LogP contribution in [0.25, 0.3) is 0 Å². The Morgan fingerprint density at radius 2 is 2.25 bits per heavy atom. The van der Waals surface area contributed by atoms with Gasteiger partial charge in [-0.1, -0.05) is 5.92 Å². The van der Waals surface area contributed by atoms with Gasteiger partial charge in [0, 0.05) is 12.6 Å². The number of nitro groups is 1. The molecule has 0 spiro atoms. The van der Waals surface area contributed by atoms with Crippen LogP contribution in [0.3, 0.4) is 0 Å². The number of rotatable bonds is 5. The number of hydrogen-bond donors (Lipinski definition) is 1. The Morgan fingerprint density at radius 1 is 1.55 bits per heavy atom. The van der Waals surface area contributed by atoms with E-state index in [1.165, 1.54) is 17.0 Å². The lowest BCUT2D eigenvalue weighted by atomic mass is 10.1. The van der Waals surface area contributed by atoms with Crippen LogP contribution in [0.5, 0.6) is 5.75 Å². The van der Waals surface area contributed by atoms with Crippen molar-refractivity contribution < 1.29 is 14.8 Å². The molecule has 1 aliphatic rings. The second-order valence-electron chi connectivity index (χ2n) is 4.79. The molecule has 1 saturated carbocycles. The van der Waals surface area contributed by atoms with E-state index >= 15 is 0 Å². The fourth-order valence-electron chi connectivity index (χ4n) is 1.93. The van der Waals surface area contributed by atoms with Gasteiger partial charge >= 0.3 is 0 Å². The SMILES string of the molecule is C#CCN(CC1CC1)C(=O)c1ccc([N+](=O)[O-])cc1O. The number of non-ortho nitro benzene ring substituents is 1. The number of phenolic OH excluding ortho intramolecular Hbond substituents is 1. The smallest absolute Gasteiger partial charge is 0.273 e. The zero-order valence-corrected chi connectivity index (χ0v) is 10.8. The number of hydrogen-bond acceptors (Lipinski definition) is 4. The highest BCUT2D eigenvalue weighted by molar-refractivity contribution is 5.97. The third-order valence-corrected chi connectivity index (χ3v) is 3.17. The van der Waals surface area contributed by atoms with Crippen molar-refractivity contribution in [2.45, 2.75) is 12.8 Å². The van der Waals surface area contributed by atoms with E-state index in [1.54, 1.807) is 0 Å². The normalized spacial score (nSPS) is 13.6. The fraction of sp³-hybridized carbons (Fsp3) is 0.357. The van der Waals surface area contributed by atoms with Crippen LogP contribution < -0.4 is 0 Å².